The highest BCUT2D eigenvalue weighted by molar-refractivity contribution is 6.03. The molecular formula is C25H24N6O3. The summed E-state index contributed by atoms with van der Waals surface area (Å²) in [7, 11) is 1.58. The van der Waals surface area contributed by atoms with Gasteiger partial charge in [0.25, 0.3) is 5.91 Å². The van der Waals surface area contributed by atoms with Crippen molar-refractivity contribution in [3.63, 3.8) is 0 Å². The number of carbonyl (C=O) groups excluding carboxylic acids is 1. The average molecular weight is 457 g/mol. The Balaban J connectivity index is 1.24. The first-order valence-electron chi connectivity index (χ1n) is 11.1. The Hall–Kier alpha value is -4.11. The molecule has 1 aromatic carbocycles. The van der Waals surface area contributed by atoms with Gasteiger partial charge in [-0.3, -0.25) is 14.7 Å². The first-order chi connectivity index (χ1) is 16.7. The van der Waals surface area contributed by atoms with Crippen molar-refractivity contribution in [3.05, 3.63) is 84.1 Å². The van der Waals surface area contributed by atoms with Gasteiger partial charge in [-0.15, -0.1) is 0 Å². The van der Waals surface area contributed by atoms with Crippen molar-refractivity contribution in [2.75, 3.05) is 19.0 Å². The molecule has 1 amide bonds. The molecule has 3 aromatic heterocycles. The van der Waals surface area contributed by atoms with Gasteiger partial charge in [0.2, 0.25) is 11.7 Å². The van der Waals surface area contributed by atoms with E-state index in [0.717, 1.165) is 31.5 Å². The van der Waals surface area contributed by atoms with Gasteiger partial charge >= 0.3 is 0 Å². The van der Waals surface area contributed by atoms with Crippen LogP contribution in [0, 0.1) is 0 Å². The first-order valence-corrected chi connectivity index (χ1v) is 11.1. The molecule has 34 heavy (non-hydrogen) atoms. The summed E-state index contributed by atoms with van der Waals surface area (Å²) in [5, 5.41) is 6.95. The molecule has 5 rings (SSSR count). The largest absolute Gasteiger partial charge is 0.497 e. The quantitative estimate of drug-likeness (QED) is 0.443. The predicted molar refractivity (Wildman–Crippen MR) is 125 cm³/mol. The molecule has 1 unspecified atom stereocenters. The molecule has 0 spiro atoms. The van der Waals surface area contributed by atoms with Crippen LogP contribution in [0.4, 0.5) is 5.82 Å². The molecule has 0 radical (unpaired) electrons. The molecule has 9 nitrogen and oxygen atoms in total. The lowest BCUT2D eigenvalue weighted by Crippen LogP contribution is -2.23. The minimum Gasteiger partial charge on any atom is -0.497 e. The molecule has 4 heterocycles. The number of amides is 1. The molecule has 0 aliphatic carbocycles. The second-order valence-electron chi connectivity index (χ2n) is 8.06. The van der Waals surface area contributed by atoms with Crippen LogP contribution in [0.5, 0.6) is 5.75 Å². The molecule has 1 aliphatic rings. The second kappa shape index (κ2) is 9.80. The molecule has 1 aliphatic heterocycles. The van der Waals surface area contributed by atoms with Crippen LogP contribution in [0.15, 0.2) is 71.6 Å². The van der Waals surface area contributed by atoms with E-state index in [2.05, 4.69) is 36.4 Å². The number of hydrogen-bond donors (Lipinski definition) is 1. The van der Waals surface area contributed by atoms with Gasteiger partial charge in [0.05, 0.1) is 13.2 Å². The number of rotatable bonds is 7. The molecule has 0 saturated carbocycles. The number of pyridine rings is 2. The van der Waals surface area contributed by atoms with Crippen LogP contribution in [-0.4, -0.2) is 44.6 Å². The number of aromatic nitrogens is 4. The lowest BCUT2D eigenvalue weighted by atomic mass is 10.2. The van der Waals surface area contributed by atoms with Crippen molar-refractivity contribution < 1.29 is 14.1 Å². The fourth-order valence-electron chi connectivity index (χ4n) is 4.04. The summed E-state index contributed by atoms with van der Waals surface area (Å²) in [4.78, 5) is 28.0. The monoisotopic (exact) mass is 456 g/mol. The van der Waals surface area contributed by atoms with Gasteiger partial charge in [0.15, 0.2) is 0 Å². The van der Waals surface area contributed by atoms with E-state index in [4.69, 9.17) is 9.26 Å². The fraction of sp³-hybridized carbons (Fsp3) is 0.240. The molecule has 0 bridgehead atoms. The third-order valence-corrected chi connectivity index (χ3v) is 5.81. The number of methoxy groups -OCH3 is 1. The van der Waals surface area contributed by atoms with Gasteiger partial charge in [0.1, 0.15) is 11.6 Å². The topological polar surface area (TPSA) is 106 Å². The molecular weight excluding hydrogens is 432 g/mol. The Morgan fingerprint density at radius 3 is 2.79 bits per heavy atom. The van der Waals surface area contributed by atoms with Crippen LogP contribution < -0.4 is 10.1 Å². The summed E-state index contributed by atoms with van der Waals surface area (Å²) in [6.45, 7) is 1.77. The van der Waals surface area contributed by atoms with Gasteiger partial charge in [-0.25, -0.2) is 4.98 Å². The van der Waals surface area contributed by atoms with Crippen molar-refractivity contribution >= 4 is 11.7 Å². The zero-order chi connectivity index (χ0) is 23.3. The Kier molecular flexibility index (Phi) is 6.26. The van der Waals surface area contributed by atoms with Crippen molar-refractivity contribution in [3.8, 4) is 17.1 Å². The second-order valence-corrected chi connectivity index (χ2v) is 8.06. The number of anilines is 1. The number of likely N-dealkylation sites (tertiary alicyclic amines) is 1. The van der Waals surface area contributed by atoms with Gasteiger partial charge < -0.3 is 14.6 Å². The van der Waals surface area contributed by atoms with Crippen LogP contribution in [0.25, 0.3) is 11.4 Å². The lowest BCUT2D eigenvalue weighted by molar-refractivity contribution is 0.102. The number of hydrogen-bond acceptors (Lipinski definition) is 8. The van der Waals surface area contributed by atoms with E-state index < -0.39 is 0 Å². The average Bonchev–Trinajstić information content (AvgIpc) is 3.55. The molecule has 172 valence electrons. The van der Waals surface area contributed by atoms with E-state index in [9.17, 15) is 4.79 Å². The van der Waals surface area contributed by atoms with Crippen molar-refractivity contribution in [2.45, 2.75) is 25.4 Å². The zero-order valence-corrected chi connectivity index (χ0v) is 18.7. The number of nitrogens with one attached hydrogen (secondary N) is 1. The number of ether oxygens (including phenoxy) is 1. The van der Waals surface area contributed by atoms with E-state index in [-0.39, 0.29) is 11.9 Å². The summed E-state index contributed by atoms with van der Waals surface area (Å²) in [6, 6.07) is 14.5. The van der Waals surface area contributed by atoms with E-state index in [1.54, 1.807) is 49.8 Å². The third-order valence-electron chi connectivity index (χ3n) is 5.81. The summed E-state index contributed by atoms with van der Waals surface area (Å²) in [5.74, 6) is 1.96. The first kappa shape index (κ1) is 21.7. The summed E-state index contributed by atoms with van der Waals surface area (Å²) >= 11 is 0. The van der Waals surface area contributed by atoms with E-state index >= 15 is 0 Å². The van der Waals surface area contributed by atoms with Gasteiger partial charge in [-0.2, -0.15) is 4.98 Å². The SMILES string of the molecule is COc1ccc(C(=O)Nc2ccc(-c3noc(C4CCCN4Cc4cccnc4)n3)cn2)cc1. The van der Waals surface area contributed by atoms with Crippen LogP contribution in [-0.2, 0) is 6.54 Å². The molecule has 1 saturated heterocycles. The maximum atomic E-state index is 12.4. The van der Waals surface area contributed by atoms with E-state index in [0.29, 0.717) is 34.4 Å². The van der Waals surface area contributed by atoms with Gasteiger partial charge in [-0.05, 0) is 67.4 Å². The lowest BCUT2D eigenvalue weighted by Gasteiger charge is -2.21. The number of carbonyl (C=O) groups is 1. The fourth-order valence-corrected chi connectivity index (χ4v) is 4.04. The minimum absolute atomic E-state index is 0.0810. The van der Waals surface area contributed by atoms with E-state index in [1.165, 1.54) is 0 Å². The maximum absolute atomic E-state index is 12.4. The van der Waals surface area contributed by atoms with Crippen LogP contribution in [0.1, 0.15) is 40.7 Å². The molecule has 1 atom stereocenters. The normalized spacial score (nSPS) is 15.9. The standard InChI is InChI=1S/C25H24N6O3/c1-33-20-9-6-18(7-10-20)24(32)28-22-11-8-19(15-27-22)23-29-25(34-30-23)21-5-3-13-31(21)16-17-4-2-12-26-14-17/h2,4,6-12,14-15,21H,3,5,13,16H2,1H3,(H,27,28,32). The molecule has 1 N–H and O–H groups in total. The third kappa shape index (κ3) is 4.79. The van der Waals surface area contributed by atoms with E-state index in [1.807, 2.05) is 18.3 Å². The zero-order valence-electron chi connectivity index (χ0n) is 18.7. The molecule has 1 fully saturated rings. The highest BCUT2D eigenvalue weighted by Gasteiger charge is 2.30. The van der Waals surface area contributed by atoms with Crippen molar-refractivity contribution in [1.82, 2.24) is 25.0 Å². The van der Waals surface area contributed by atoms with Crippen LogP contribution in [0.2, 0.25) is 0 Å². The maximum Gasteiger partial charge on any atom is 0.256 e. The van der Waals surface area contributed by atoms with Crippen LogP contribution in [0.3, 0.4) is 0 Å². The Bertz CT molecular complexity index is 1240. The van der Waals surface area contributed by atoms with Gasteiger partial charge in [-0.1, -0.05) is 11.2 Å². The van der Waals surface area contributed by atoms with Crippen LogP contribution >= 0.6 is 0 Å². The molecule has 4 aromatic rings. The highest BCUT2D eigenvalue weighted by Crippen LogP contribution is 2.33. The Morgan fingerprint density at radius 2 is 2.06 bits per heavy atom. The smallest absolute Gasteiger partial charge is 0.256 e. The van der Waals surface area contributed by atoms with Crippen molar-refractivity contribution in [2.24, 2.45) is 0 Å². The minimum atomic E-state index is -0.250. The highest BCUT2D eigenvalue weighted by atomic mass is 16.5. The van der Waals surface area contributed by atoms with Gasteiger partial charge in [0, 0.05) is 36.3 Å². The Labute approximate surface area is 196 Å². The molecule has 9 heteroatoms. The predicted octanol–water partition coefficient (Wildman–Crippen LogP) is 4.12. The van der Waals surface area contributed by atoms with Crippen molar-refractivity contribution in [1.29, 1.82) is 0 Å². The summed E-state index contributed by atoms with van der Waals surface area (Å²) in [6.07, 6.45) is 7.33. The summed E-state index contributed by atoms with van der Waals surface area (Å²) in [5.41, 5.74) is 2.39. The number of benzene rings is 1. The number of nitrogens with zero attached hydrogens (tertiary/aromatic N) is 5. The Morgan fingerprint density at radius 1 is 1.18 bits per heavy atom. The summed E-state index contributed by atoms with van der Waals surface area (Å²) < 4.78 is 10.7.